The van der Waals surface area contributed by atoms with Gasteiger partial charge in [-0.1, -0.05) is 0 Å². The quantitative estimate of drug-likeness (QED) is 0.713. The van der Waals surface area contributed by atoms with Gasteiger partial charge >= 0.3 is 0 Å². The topological polar surface area (TPSA) is 41.1 Å². The first-order chi connectivity index (χ1) is 5.72. The van der Waals surface area contributed by atoms with E-state index in [1.165, 1.54) is 0 Å². The highest BCUT2D eigenvalue weighted by Gasteiger charge is 1.98. The van der Waals surface area contributed by atoms with Gasteiger partial charge in [-0.05, 0) is 20.2 Å². The Morgan fingerprint density at radius 2 is 2.25 bits per heavy atom. The van der Waals surface area contributed by atoms with Crippen molar-refractivity contribution in [2.45, 2.75) is 6.54 Å². The Bertz CT molecular complexity index is 247. The van der Waals surface area contributed by atoms with Crippen LogP contribution in [0.5, 0.6) is 0 Å². The van der Waals surface area contributed by atoms with Gasteiger partial charge < -0.3 is 10.2 Å². The van der Waals surface area contributed by atoms with Crippen LogP contribution in [0.25, 0.3) is 0 Å². The second kappa shape index (κ2) is 4.01. The molecule has 66 valence electrons. The van der Waals surface area contributed by atoms with E-state index in [0.717, 1.165) is 18.2 Å². The zero-order valence-corrected chi connectivity index (χ0v) is 7.70. The lowest BCUT2D eigenvalue weighted by molar-refractivity contribution is 0.390. The summed E-state index contributed by atoms with van der Waals surface area (Å²) < 4.78 is 0. The molecule has 0 aromatic carbocycles. The van der Waals surface area contributed by atoms with Crippen LogP contribution in [0.2, 0.25) is 0 Å². The summed E-state index contributed by atoms with van der Waals surface area (Å²) in [5.41, 5.74) is 0. The lowest BCUT2D eigenvalue weighted by atomic mass is 10.5. The zero-order chi connectivity index (χ0) is 8.97. The molecule has 4 nitrogen and oxygen atoms in total. The van der Waals surface area contributed by atoms with Crippen LogP contribution in [0.15, 0.2) is 12.3 Å². The van der Waals surface area contributed by atoms with Gasteiger partial charge in [-0.2, -0.15) is 0 Å². The molecule has 0 aliphatic heterocycles. The number of anilines is 1. The summed E-state index contributed by atoms with van der Waals surface area (Å²) in [5.74, 6) is 1.70. The highest BCUT2D eigenvalue weighted by Crippen LogP contribution is 2.01. The van der Waals surface area contributed by atoms with Crippen molar-refractivity contribution in [3.05, 3.63) is 18.1 Å². The monoisotopic (exact) mass is 166 g/mol. The van der Waals surface area contributed by atoms with Gasteiger partial charge in [-0.25, -0.2) is 9.97 Å². The Hall–Kier alpha value is -1.16. The van der Waals surface area contributed by atoms with E-state index in [9.17, 15) is 0 Å². The average Bonchev–Trinajstić information content (AvgIpc) is 2.03. The van der Waals surface area contributed by atoms with Gasteiger partial charge in [0.25, 0.3) is 0 Å². The molecule has 0 bridgehead atoms. The third-order valence-corrected chi connectivity index (χ3v) is 1.42. The van der Waals surface area contributed by atoms with E-state index in [0.29, 0.717) is 0 Å². The van der Waals surface area contributed by atoms with Crippen LogP contribution < -0.4 is 5.32 Å². The van der Waals surface area contributed by atoms with Crippen molar-refractivity contribution in [1.82, 2.24) is 14.9 Å². The van der Waals surface area contributed by atoms with Crippen molar-refractivity contribution in [3.8, 4) is 0 Å². The number of hydrogen-bond donors (Lipinski definition) is 1. The molecule has 0 aliphatic carbocycles. The Balaban J connectivity index is 2.72. The highest BCUT2D eigenvalue weighted by atomic mass is 15.1. The summed E-state index contributed by atoms with van der Waals surface area (Å²) in [6.45, 7) is 0.773. The summed E-state index contributed by atoms with van der Waals surface area (Å²) in [6, 6.07) is 1.85. The Morgan fingerprint density at radius 3 is 2.83 bits per heavy atom. The zero-order valence-electron chi connectivity index (χ0n) is 7.70. The molecular weight excluding hydrogens is 152 g/mol. The minimum Gasteiger partial charge on any atom is -0.373 e. The molecule has 12 heavy (non-hydrogen) atoms. The predicted octanol–water partition coefficient (Wildman–Crippen LogP) is 0.580. The highest BCUT2D eigenvalue weighted by molar-refractivity contribution is 5.31. The van der Waals surface area contributed by atoms with Crippen LogP contribution in [-0.2, 0) is 6.54 Å². The normalized spacial score (nSPS) is 10.3. The summed E-state index contributed by atoms with van der Waals surface area (Å²) in [4.78, 5) is 10.4. The van der Waals surface area contributed by atoms with Crippen LogP contribution >= 0.6 is 0 Å². The molecule has 0 saturated heterocycles. The Labute approximate surface area is 72.6 Å². The first-order valence-corrected chi connectivity index (χ1v) is 3.87. The van der Waals surface area contributed by atoms with Crippen LogP contribution in [0.1, 0.15) is 5.82 Å². The van der Waals surface area contributed by atoms with E-state index < -0.39 is 0 Å². The Morgan fingerprint density at radius 1 is 1.50 bits per heavy atom. The molecule has 1 aromatic rings. The van der Waals surface area contributed by atoms with Crippen molar-refractivity contribution in [3.63, 3.8) is 0 Å². The molecule has 0 amide bonds. The fraction of sp³-hybridized carbons (Fsp3) is 0.500. The summed E-state index contributed by atoms with van der Waals surface area (Å²) in [6.07, 6.45) is 1.76. The maximum Gasteiger partial charge on any atom is 0.144 e. The number of rotatable bonds is 3. The SMILES string of the molecule is CNc1ccnc(CN(C)C)n1. The van der Waals surface area contributed by atoms with Crippen LogP contribution in [-0.4, -0.2) is 36.0 Å². The third-order valence-electron chi connectivity index (χ3n) is 1.42. The molecule has 0 aliphatic rings. The third kappa shape index (κ3) is 2.47. The lowest BCUT2D eigenvalue weighted by Crippen LogP contribution is -2.13. The molecule has 0 fully saturated rings. The molecular formula is C8H14N4. The maximum atomic E-state index is 4.27. The smallest absolute Gasteiger partial charge is 0.144 e. The van der Waals surface area contributed by atoms with E-state index >= 15 is 0 Å². The van der Waals surface area contributed by atoms with E-state index in [2.05, 4.69) is 15.3 Å². The van der Waals surface area contributed by atoms with E-state index in [-0.39, 0.29) is 0 Å². The number of aromatic nitrogens is 2. The summed E-state index contributed by atoms with van der Waals surface area (Å²) in [7, 11) is 5.84. The molecule has 0 radical (unpaired) electrons. The van der Waals surface area contributed by atoms with E-state index in [1.807, 2.05) is 32.1 Å². The van der Waals surface area contributed by atoms with Crippen molar-refractivity contribution in [2.75, 3.05) is 26.5 Å². The van der Waals surface area contributed by atoms with E-state index in [1.54, 1.807) is 6.20 Å². The van der Waals surface area contributed by atoms with Crippen molar-refractivity contribution in [1.29, 1.82) is 0 Å². The number of nitrogens with zero attached hydrogens (tertiary/aromatic N) is 3. The predicted molar refractivity (Wildman–Crippen MR) is 49.0 cm³/mol. The first kappa shape index (κ1) is 8.93. The molecule has 1 rings (SSSR count). The molecule has 1 N–H and O–H groups in total. The standard InChI is InChI=1S/C8H14N4/c1-9-7-4-5-10-8(11-7)6-12(2)3/h4-5H,6H2,1-3H3,(H,9,10,11). The largest absolute Gasteiger partial charge is 0.373 e. The lowest BCUT2D eigenvalue weighted by Gasteiger charge is -2.08. The molecule has 0 unspecified atom stereocenters. The van der Waals surface area contributed by atoms with Crippen molar-refractivity contribution >= 4 is 5.82 Å². The number of hydrogen-bond acceptors (Lipinski definition) is 4. The van der Waals surface area contributed by atoms with Gasteiger partial charge in [0.2, 0.25) is 0 Å². The average molecular weight is 166 g/mol. The molecule has 0 atom stereocenters. The van der Waals surface area contributed by atoms with Gasteiger partial charge in [-0.15, -0.1) is 0 Å². The molecule has 0 saturated carbocycles. The van der Waals surface area contributed by atoms with Crippen LogP contribution in [0, 0.1) is 0 Å². The fourth-order valence-electron chi connectivity index (χ4n) is 0.897. The van der Waals surface area contributed by atoms with Gasteiger partial charge in [0.05, 0.1) is 6.54 Å². The van der Waals surface area contributed by atoms with Crippen molar-refractivity contribution < 1.29 is 0 Å². The number of nitrogens with one attached hydrogen (secondary N) is 1. The summed E-state index contributed by atoms with van der Waals surface area (Å²) in [5, 5.41) is 2.97. The van der Waals surface area contributed by atoms with Gasteiger partial charge in [0.15, 0.2) is 0 Å². The maximum absolute atomic E-state index is 4.27. The fourth-order valence-corrected chi connectivity index (χ4v) is 0.897. The second-order valence-electron chi connectivity index (χ2n) is 2.85. The molecule has 1 aromatic heterocycles. The Kier molecular flexibility index (Phi) is 2.99. The van der Waals surface area contributed by atoms with Gasteiger partial charge in [0.1, 0.15) is 11.6 Å². The van der Waals surface area contributed by atoms with Crippen molar-refractivity contribution in [2.24, 2.45) is 0 Å². The molecule has 4 heteroatoms. The summed E-state index contributed by atoms with van der Waals surface area (Å²) >= 11 is 0. The molecule has 1 heterocycles. The van der Waals surface area contributed by atoms with Crippen LogP contribution in [0.4, 0.5) is 5.82 Å². The van der Waals surface area contributed by atoms with Gasteiger partial charge in [0, 0.05) is 13.2 Å². The minimum atomic E-state index is 0.773. The van der Waals surface area contributed by atoms with Gasteiger partial charge in [-0.3, -0.25) is 0 Å². The second-order valence-corrected chi connectivity index (χ2v) is 2.85. The first-order valence-electron chi connectivity index (χ1n) is 3.87. The van der Waals surface area contributed by atoms with E-state index in [4.69, 9.17) is 0 Å². The van der Waals surface area contributed by atoms with Crippen LogP contribution in [0.3, 0.4) is 0 Å². The minimum absolute atomic E-state index is 0.773. The molecule has 0 spiro atoms.